The zero-order valence-corrected chi connectivity index (χ0v) is 14.0. The second kappa shape index (κ2) is 8.91. The normalized spacial score (nSPS) is 10.5. The van der Waals surface area contributed by atoms with E-state index in [9.17, 15) is 9.18 Å². The third-order valence-corrected chi connectivity index (χ3v) is 3.32. The Hall–Kier alpha value is -2.56. The van der Waals surface area contributed by atoms with Gasteiger partial charge in [-0.25, -0.2) is 9.18 Å². The van der Waals surface area contributed by atoms with Crippen LogP contribution in [0.3, 0.4) is 0 Å². The summed E-state index contributed by atoms with van der Waals surface area (Å²) in [6.45, 7) is 5.19. The second-order valence-corrected chi connectivity index (χ2v) is 5.96. The van der Waals surface area contributed by atoms with Gasteiger partial charge in [-0.1, -0.05) is 38.1 Å². The molecule has 2 aromatic carbocycles. The van der Waals surface area contributed by atoms with Crippen molar-refractivity contribution < 1.29 is 13.9 Å². The van der Waals surface area contributed by atoms with Crippen molar-refractivity contribution >= 4 is 11.7 Å². The summed E-state index contributed by atoms with van der Waals surface area (Å²) >= 11 is 0. The van der Waals surface area contributed by atoms with Crippen LogP contribution in [0.4, 0.5) is 14.9 Å². The number of carbonyl (C=O) groups excluding carboxylic acids is 1. The van der Waals surface area contributed by atoms with Crippen LogP contribution in [0.15, 0.2) is 48.5 Å². The monoisotopic (exact) mass is 330 g/mol. The topological polar surface area (TPSA) is 50.4 Å². The molecule has 0 aliphatic rings. The maximum Gasteiger partial charge on any atom is 0.319 e. The summed E-state index contributed by atoms with van der Waals surface area (Å²) in [7, 11) is 0. The first-order valence-electron chi connectivity index (χ1n) is 8.05. The van der Waals surface area contributed by atoms with Gasteiger partial charge in [0.2, 0.25) is 0 Å². The number of urea groups is 1. The van der Waals surface area contributed by atoms with Gasteiger partial charge < -0.3 is 15.4 Å². The molecule has 0 aliphatic carbocycles. The number of amides is 2. The highest BCUT2D eigenvalue weighted by molar-refractivity contribution is 5.90. The SMILES string of the molecule is CC(C)COc1ccccc1NC(=O)NCCc1ccc(F)cc1. The predicted octanol–water partition coefficient (Wildman–Crippen LogP) is 4.22. The van der Waals surface area contributed by atoms with E-state index in [1.54, 1.807) is 18.2 Å². The van der Waals surface area contributed by atoms with E-state index >= 15 is 0 Å². The summed E-state index contributed by atoms with van der Waals surface area (Å²) in [5.74, 6) is 0.796. The number of halogens is 1. The molecule has 0 saturated carbocycles. The summed E-state index contributed by atoms with van der Waals surface area (Å²) in [6.07, 6.45) is 0.638. The van der Waals surface area contributed by atoms with Crippen molar-refractivity contribution in [3.8, 4) is 5.75 Å². The highest BCUT2D eigenvalue weighted by Crippen LogP contribution is 2.24. The smallest absolute Gasteiger partial charge is 0.319 e. The number of hydrogen-bond donors (Lipinski definition) is 2. The highest BCUT2D eigenvalue weighted by atomic mass is 19.1. The zero-order valence-electron chi connectivity index (χ0n) is 14.0. The quantitative estimate of drug-likeness (QED) is 0.798. The molecule has 2 rings (SSSR count). The summed E-state index contributed by atoms with van der Waals surface area (Å²) in [6, 6.07) is 13.3. The van der Waals surface area contributed by atoms with Crippen LogP contribution in [0.5, 0.6) is 5.75 Å². The lowest BCUT2D eigenvalue weighted by atomic mass is 10.1. The predicted molar refractivity (Wildman–Crippen MR) is 93.9 cm³/mol. The molecule has 2 N–H and O–H groups in total. The van der Waals surface area contributed by atoms with Crippen LogP contribution < -0.4 is 15.4 Å². The molecule has 0 saturated heterocycles. The first-order valence-corrected chi connectivity index (χ1v) is 8.05. The standard InChI is InChI=1S/C19H23FN2O2/c1-14(2)13-24-18-6-4-3-5-17(18)22-19(23)21-12-11-15-7-9-16(20)10-8-15/h3-10,14H,11-13H2,1-2H3,(H2,21,22,23). The van der Waals surface area contributed by atoms with Gasteiger partial charge in [-0.3, -0.25) is 0 Å². The Labute approximate surface area is 142 Å². The van der Waals surface area contributed by atoms with E-state index in [-0.39, 0.29) is 11.8 Å². The Morgan fingerprint density at radius 2 is 1.83 bits per heavy atom. The van der Waals surface area contributed by atoms with E-state index in [2.05, 4.69) is 24.5 Å². The summed E-state index contributed by atoms with van der Waals surface area (Å²) < 4.78 is 18.5. The maximum atomic E-state index is 12.8. The van der Waals surface area contributed by atoms with Crippen LogP contribution in [-0.2, 0) is 6.42 Å². The Morgan fingerprint density at radius 3 is 2.54 bits per heavy atom. The van der Waals surface area contributed by atoms with E-state index in [1.807, 2.05) is 18.2 Å². The number of hydrogen-bond acceptors (Lipinski definition) is 2. The molecular weight excluding hydrogens is 307 g/mol. The Bertz CT molecular complexity index is 657. The van der Waals surface area contributed by atoms with E-state index in [1.165, 1.54) is 12.1 Å². The maximum absolute atomic E-state index is 12.8. The van der Waals surface area contributed by atoms with Crippen molar-refractivity contribution in [2.24, 2.45) is 5.92 Å². The zero-order chi connectivity index (χ0) is 17.4. The third-order valence-electron chi connectivity index (χ3n) is 3.32. The number of nitrogens with one attached hydrogen (secondary N) is 2. The number of benzene rings is 2. The molecule has 2 amide bonds. The minimum atomic E-state index is -0.294. The molecule has 0 radical (unpaired) electrons. The molecule has 2 aromatic rings. The minimum absolute atomic E-state index is 0.262. The molecule has 0 unspecified atom stereocenters. The first-order chi connectivity index (χ1) is 11.5. The van der Waals surface area contributed by atoms with Crippen LogP contribution >= 0.6 is 0 Å². The van der Waals surface area contributed by atoms with E-state index in [4.69, 9.17) is 4.74 Å². The Kier molecular flexibility index (Phi) is 6.61. The fourth-order valence-corrected chi connectivity index (χ4v) is 2.09. The average Bonchev–Trinajstić information content (AvgIpc) is 2.56. The van der Waals surface area contributed by atoms with Gasteiger partial charge in [-0.15, -0.1) is 0 Å². The molecule has 24 heavy (non-hydrogen) atoms. The van der Waals surface area contributed by atoms with Gasteiger partial charge in [-0.2, -0.15) is 0 Å². The molecule has 0 heterocycles. The van der Waals surface area contributed by atoms with Gasteiger partial charge in [0.1, 0.15) is 11.6 Å². The van der Waals surface area contributed by atoms with Gasteiger partial charge >= 0.3 is 6.03 Å². The number of ether oxygens (including phenoxy) is 1. The Morgan fingerprint density at radius 1 is 1.12 bits per heavy atom. The van der Waals surface area contributed by atoms with Crippen molar-refractivity contribution in [3.63, 3.8) is 0 Å². The van der Waals surface area contributed by atoms with Crippen LogP contribution in [-0.4, -0.2) is 19.2 Å². The van der Waals surface area contributed by atoms with Gasteiger partial charge in [0, 0.05) is 6.54 Å². The van der Waals surface area contributed by atoms with Gasteiger partial charge in [-0.05, 0) is 42.2 Å². The molecule has 0 fully saturated rings. The van der Waals surface area contributed by atoms with E-state index in [0.29, 0.717) is 36.9 Å². The van der Waals surface area contributed by atoms with Gasteiger partial charge in [0.15, 0.2) is 0 Å². The molecule has 4 nitrogen and oxygen atoms in total. The second-order valence-electron chi connectivity index (χ2n) is 5.96. The number of carbonyl (C=O) groups is 1. The van der Waals surface area contributed by atoms with E-state index < -0.39 is 0 Å². The van der Waals surface area contributed by atoms with Crippen molar-refractivity contribution in [2.75, 3.05) is 18.5 Å². The number of anilines is 1. The molecule has 128 valence electrons. The van der Waals surface area contributed by atoms with Gasteiger partial charge in [0.05, 0.1) is 12.3 Å². The molecule has 0 atom stereocenters. The van der Waals surface area contributed by atoms with Crippen molar-refractivity contribution in [1.82, 2.24) is 5.32 Å². The molecule has 0 spiro atoms. The Balaban J connectivity index is 1.82. The lowest BCUT2D eigenvalue weighted by Gasteiger charge is -2.14. The lowest BCUT2D eigenvalue weighted by molar-refractivity contribution is 0.251. The summed E-state index contributed by atoms with van der Waals surface area (Å²) in [5.41, 5.74) is 1.61. The summed E-state index contributed by atoms with van der Waals surface area (Å²) in [5, 5.41) is 5.58. The summed E-state index contributed by atoms with van der Waals surface area (Å²) in [4.78, 5) is 12.0. The van der Waals surface area contributed by atoms with Crippen LogP contribution in [0.1, 0.15) is 19.4 Å². The van der Waals surface area contributed by atoms with Gasteiger partial charge in [0.25, 0.3) is 0 Å². The molecular formula is C19H23FN2O2. The van der Waals surface area contributed by atoms with Crippen LogP contribution in [0, 0.1) is 11.7 Å². The van der Waals surface area contributed by atoms with Crippen molar-refractivity contribution in [2.45, 2.75) is 20.3 Å². The lowest BCUT2D eigenvalue weighted by Crippen LogP contribution is -2.30. The first kappa shape index (κ1) is 17.8. The number of para-hydroxylation sites is 2. The molecule has 0 bridgehead atoms. The van der Waals surface area contributed by atoms with Crippen LogP contribution in [0.25, 0.3) is 0 Å². The minimum Gasteiger partial charge on any atom is -0.491 e. The van der Waals surface area contributed by atoms with Crippen molar-refractivity contribution in [1.29, 1.82) is 0 Å². The highest BCUT2D eigenvalue weighted by Gasteiger charge is 2.07. The fraction of sp³-hybridized carbons (Fsp3) is 0.316. The third kappa shape index (κ3) is 5.91. The molecule has 0 aromatic heterocycles. The number of rotatable bonds is 7. The van der Waals surface area contributed by atoms with Crippen LogP contribution in [0.2, 0.25) is 0 Å². The van der Waals surface area contributed by atoms with Crippen molar-refractivity contribution in [3.05, 3.63) is 59.9 Å². The fourth-order valence-electron chi connectivity index (χ4n) is 2.09. The molecule has 5 heteroatoms. The largest absolute Gasteiger partial charge is 0.491 e. The average molecular weight is 330 g/mol. The molecule has 0 aliphatic heterocycles. The van der Waals surface area contributed by atoms with E-state index in [0.717, 1.165) is 5.56 Å².